The van der Waals surface area contributed by atoms with Crippen LogP contribution in [0.15, 0.2) is 79.5 Å². The van der Waals surface area contributed by atoms with E-state index < -0.39 is 0 Å². The van der Waals surface area contributed by atoms with E-state index in [0.717, 1.165) is 55.6 Å². The van der Waals surface area contributed by atoms with Gasteiger partial charge in [0.1, 0.15) is 17.1 Å². The Morgan fingerprint density at radius 3 is 2.58 bits per heavy atom. The van der Waals surface area contributed by atoms with Gasteiger partial charge < -0.3 is 10.1 Å². The molecule has 5 aromatic heterocycles. The van der Waals surface area contributed by atoms with Crippen molar-refractivity contribution in [1.29, 1.82) is 0 Å². The molecule has 0 fully saturated rings. The smallest absolute Gasteiger partial charge is 0.138 e. The van der Waals surface area contributed by atoms with E-state index >= 15 is 0 Å². The summed E-state index contributed by atoms with van der Waals surface area (Å²) in [5.41, 5.74) is 7.27. The molecule has 0 aliphatic rings. The highest BCUT2D eigenvalue weighted by molar-refractivity contribution is 6.00. The highest BCUT2D eigenvalue weighted by atomic mass is 16.3. The van der Waals surface area contributed by atoms with Crippen molar-refractivity contribution in [3.8, 4) is 39.4 Å². The third-order valence-electron chi connectivity index (χ3n) is 5.38. The number of aromatic amines is 2. The number of hydrogen-bond acceptors (Lipinski definition) is 5. The van der Waals surface area contributed by atoms with Crippen LogP contribution < -0.4 is 0 Å². The lowest BCUT2D eigenvalue weighted by atomic mass is 10.0. The molecule has 3 N–H and O–H groups in total. The summed E-state index contributed by atoms with van der Waals surface area (Å²) in [5, 5.41) is 19.4. The fraction of sp³-hybridized carbons (Fsp3) is 0. The number of aromatic nitrogens is 6. The molecule has 148 valence electrons. The first-order chi connectivity index (χ1) is 15.3. The predicted octanol–water partition coefficient (Wildman–Crippen LogP) is 4.94. The standard InChI is InChI=1S/C24H16N6O/c31-17-8-16(12-26-13-17)14-3-4-21-20(9-14)23(30-29-21)22-10-19-18(5-7-27-24(19)28-22)15-2-1-6-25-11-15/h1-13,31H,(H,27,28)(H,29,30). The van der Waals surface area contributed by atoms with Crippen LogP contribution in [0.2, 0.25) is 0 Å². The van der Waals surface area contributed by atoms with Crippen LogP contribution in [0.3, 0.4) is 0 Å². The van der Waals surface area contributed by atoms with Gasteiger partial charge in [0.15, 0.2) is 0 Å². The highest BCUT2D eigenvalue weighted by Crippen LogP contribution is 2.34. The lowest BCUT2D eigenvalue weighted by Gasteiger charge is -2.02. The van der Waals surface area contributed by atoms with Crippen LogP contribution in [0.4, 0.5) is 0 Å². The number of aromatic hydroxyl groups is 1. The van der Waals surface area contributed by atoms with Crippen molar-refractivity contribution in [2.24, 2.45) is 0 Å². The Morgan fingerprint density at radius 2 is 1.71 bits per heavy atom. The van der Waals surface area contributed by atoms with Gasteiger partial charge in [0.2, 0.25) is 0 Å². The Hall–Kier alpha value is -4.52. The minimum atomic E-state index is 0.134. The minimum Gasteiger partial charge on any atom is -0.506 e. The Kier molecular flexibility index (Phi) is 3.79. The summed E-state index contributed by atoms with van der Waals surface area (Å²) in [6, 6.07) is 15.7. The fourth-order valence-corrected chi connectivity index (χ4v) is 3.91. The number of nitrogens with zero attached hydrogens (tertiary/aromatic N) is 4. The molecule has 0 unspecified atom stereocenters. The summed E-state index contributed by atoms with van der Waals surface area (Å²) >= 11 is 0. The summed E-state index contributed by atoms with van der Waals surface area (Å²) in [6.07, 6.45) is 8.55. The lowest BCUT2D eigenvalue weighted by Crippen LogP contribution is -1.83. The molecule has 0 bridgehead atoms. The number of hydrogen-bond donors (Lipinski definition) is 3. The Labute approximate surface area is 176 Å². The van der Waals surface area contributed by atoms with Crippen molar-refractivity contribution in [3.05, 3.63) is 79.5 Å². The summed E-state index contributed by atoms with van der Waals surface area (Å²) in [4.78, 5) is 16.2. The molecule has 0 radical (unpaired) electrons. The van der Waals surface area contributed by atoms with Crippen LogP contribution in [-0.4, -0.2) is 35.2 Å². The van der Waals surface area contributed by atoms with Crippen molar-refractivity contribution in [3.63, 3.8) is 0 Å². The molecule has 0 atom stereocenters. The Morgan fingerprint density at radius 1 is 0.774 bits per heavy atom. The first-order valence-electron chi connectivity index (χ1n) is 9.77. The average molecular weight is 404 g/mol. The highest BCUT2D eigenvalue weighted by Gasteiger charge is 2.15. The van der Waals surface area contributed by atoms with Gasteiger partial charge in [0.05, 0.1) is 17.4 Å². The molecule has 0 saturated heterocycles. The van der Waals surface area contributed by atoms with E-state index in [2.05, 4.69) is 36.2 Å². The second-order valence-electron chi connectivity index (χ2n) is 7.31. The largest absolute Gasteiger partial charge is 0.506 e. The number of H-pyrrole nitrogens is 2. The van der Waals surface area contributed by atoms with Gasteiger partial charge in [-0.05, 0) is 47.5 Å². The molecule has 0 aliphatic heterocycles. The second-order valence-corrected chi connectivity index (χ2v) is 7.31. The number of rotatable bonds is 3. The number of benzene rings is 1. The van der Waals surface area contributed by atoms with Crippen LogP contribution in [0.25, 0.3) is 55.6 Å². The zero-order valence-electron chi connectivity index (χ0n) is 16.2. The topological polar surface area (TPSA) is 103 Å². The van der Waals surface area contributed by atoms with Gasteiger partial charge in [-0.15, -0.1) is 0 Å². The quantitative estimate of drug-likeness (QED) is 0.388. The molecular weight excluding hydrogens is 388 g/mol. The van der Waals surface area contributed by atoms with Crippen LogP contribution in [0.5, 0.6) is 5.75 Å². The van der Waals surface area contributed by atoms with Crippen LogP contribution in [0, 0.1) is 0 Å². The first-order valence-corrected chi connectivity index (χ1v) is 9.77. The monoisotopic (exact) mass is 404 g/mol. The summed E-state index contributed by atoms with van der Waals surface area (Å²) < 4.78 is 0. The van der Waals surface area contributed by atoms with Crippen LogP contribution in [0.1, 0.15) is 0 Å². The third kappa shape index (κ3) is 2.91. The minimum absolute atomic E-state index is 0.134. The predicted molar refractivity (Wildman–Crippen MR) is 119 cm³/mol. The van der Waals surface area contributed by atoms with E-state index in [9.17, 15) is 5.11 Å². The van der Waals surface area contributed by atoms with Crippen LogP contribution in [-0.2, 0) is 0 Å². The van der Waals surface area contributed by atoms with Gasteiger partial charge in [-0.3, -0.25) is 15.1 Å². The molecule has 0 saturated carbocycles. The van der Waals surface area contributed by atoms with E-state index in [1.54, 1.807) is 24.7 Å². The molecule has 7 heteroatoms. The molecule has 0 spiro atoms. The molecule has 0 amide bonds. The van der Waals surface area contributed by atoms with Crippen molar-refractivity contribution < 1.29 is 5.11 Å². The summed E-state index contributed by atoms with van der Waals surface area (Å²) in [5.74, 6) is 0.134. The number of pyridine rings is 3. The van der Waals surface area contributed by atoms with E-state index in [-0.39, 0.29) is 5.75 Å². The molecular formula is C24H16N6O. The van der Waals surface area contributed by atoms with E-state index in [1.807, 2.05) is 42.6 Å². The normalized spacial score (nSPS) is 11.4. The zero-order valence-corrected chi connectivity index (χ0v) is 16.2. The van der Waals surface area contributed by atoms with Gasteiger partial charge >= 0.3 is 0 Å². The lowest BCUT2D eigenvalue weighted by molar-refractivity contribution is 0.473. The number of nitrogens with one attached hydrogen (secondary N) is 2. The molecule has 31 heavy (non-hydrogen) atoms. The molecule has 6 rings (SSSR count). The van der Waals surface area contributed by atoms with Gasteiger partial charge in [-0.1, -0.05) is 12.1 Å². The molecule has 5 heterocycles. The Bertz CT molecular complexity index is 1550. The van der Waals surface area contributed by atoms with Crippen molar-refractivity contribution >= 4 is 21.9 Å². The zero-order chi connectivity index (χ0) is 20.8. The molecule has 6 aromatic rings. The van der Waals surface area contributed by atoms with E-state index in [0.29, 0.717) is 0 Å². The maximum atomic E-state index is 9.78. The third-order valence-corrected chi connectivity index (χ3v) is 5.38. The second kappa shape index (κ2) is 6.77. The van der Waals surface area contributed by atoms with Crippen molar-refractivity contribution in [2.75, 3.05) is 0 Å². The first kappa shape index (κ1) is 17.3. The van der Waals surface area contributed by atoms with Crippen LogP contribution >= 0.6 is 0 Å². The van der Waals surface area contributed by atoms with Crippen molar-refractivity contribution in [1.82, 2.24) is 30.1 Å². The van der Waals surface area contributed by atoms with Gasteiger partial charge in [-0.25, -0.2) is 4.98 Å². The maximum absolute atomic E-state index is 9.78. The number of fused-ring (bicyclic) bond motifs is 2. The molecule has 1 aromatic carbocycles. The average Bonchev–Trinajstić information content (AvgIpc) is 3.43. The summed E-state index contributed by atoms with van der Waals surface area (Å²) in [7, 11) is 0. The van der Waals surface area contributed by atoms with Gasteiger partial charge in [-0.2, -0.15) is 5.10 Å². The van der Waals surface area contributed by atoms with Gasteiger partial charge in [0, 0.05) is 46.7 Å². The maximum Gasteiger partial charge on any atom is 0.138 e. The van der Waals surface area contributed by atoms with Gasteiger partial charge in [0.25, 0.3) is 0 Å². The van der Waals surface area contributed by atoms with E-state index in [4.69, 9.17) is 0 Å². The van der Waals surface area contributed by atoms with E-state index in [1.165, 1.54) is 6.20 Å². The summed E-state index contributed by atoms with van der Waals surface area (Å²) in [6.45, 7) is 0. The van der Waals surface area contributed by atoms with Crippen molar-refractivity contribution in [2.45, 2.75) is 0 Å². The Balaban J connectivity index is 1.51. The fourth-order valence-electron chi connectivity index (χ4n) is 3.91. The molecule has 7 nitrogen and oxygen atoms in total. The molecule has 0 aliphatic carbocycles. The SMILES string of the molecule is Oc1cncc(-c2ccc3[nH]nc(-c4cc5c(-c6cccnc6)ccnc5[nH]4)c3c2)c1.